The number of aromatic nitrogens is 4. The van der Waals surface area contributed by atoms with Crippen LogP contribution in [0.2, 0.25) is 0 Å². The predicted molar refractivity (Wildman–Crippen MR) is 118 cm³/mol. The molecule has 3 aromatic rings. The number of thioether (sulfide) groups is 1. The molecule has 0 saturated carbocycles. The minimum atomic E-state index is -0.0427. The van der Waals surface area contributed by atoms with Gasteiger partial charge >= 0.3 is 0 Å². The number of pyridine rings is 1. The Hall–Kier alpha value is -2.71. The number of ether oxygens (including phenoxy) is 1. The van der Waals surface area contributed by atoms with Crippen LogP contribution in [-0.4, -0.2) is 45.4 Å². The molecule has 1 aromatic carbocycles. The average molecular weight is 426 g/mol. The first kappa shape index (κ1) is 22.0. The number of nitrogens with one attached hydrogen (secondary N) is 1. The molecule has 158 valence electrons. The number of carbonyl (C=O) groups is 1. The van der Waals surface area contributed by atoms with Crippen LogP contribution in [0, 0.1) is 0 Å². The smallest absolute Gasteiger partial charge is 0.251 e. The number of carbonyl (C=O) groups excluding carboxylic acids is 1. The summed E-state index contributed by atoms with van der Waals surface area (Å²) < 4.78 is 7.32. The monoisotopic (exact) mass is 425 g/mol. The first-order chi connectivity index (χ1) is 14.6. The van der Waals surface area contributed by atoms with Crippen molar-refractivity contribution in [1.29, 1.82) is 0 Å². The van der Waals surface area contributed by atoms with Crippen LogP contribution in [0.3, 0.4) is 0 Å². The van der Waals surface area contributed by atoms with Gasteiger partial charge in [0.25, 0.3) is 5.91 Å². The van der Waals surface area contributed by atoms with Crippen molar-refractivity contribution in [3.8, 4) is 11.4 Å². The van der Waals surface area contributed by atoms with E-state index in [9.17, 15) is 4.79 Å². The van der Waals surface area contributed by atoms with Crippen molar-refractivity contribution in [2.45, 2.75) is 43.8 Å². The van der Waals surface area contributed by atoms with Gasteiger partial charge in [-0.05, 0) is 37.1 Å². The second kappa shape index (κ2) is 10.9. The predicted octanol–water partition coefficient (Wildman–Crippen LogP) is 3.81. The van der Waals surface area contributed by atoms with E-state index in [0.717, 1.165) is 28.5 Å². The summed E-state index contributed by atoms with van der Waals surface area (Å²) in [4.78, 5) is 16.7. The Morgan fingerprint density at radius 3 is 2.70 bits per heavy atom. The molecule has 0 fully saturated rings. The zero-order valence-electron chi connectivity index (χ0n) is 17.5. The lowest BCUT2D eigenvalue weighted by molar-refractivity contribution is 0.0938. The van der Waals surface area contributed by atoms with Crippen LogP contribution < -0.4 is 5.32 Å². The topological polar surface area (TPSA) is 81.9 Å². The molecule has 7 nitrogen and oxygen atoms in total. The van der Waals surface area contributed by atoms with E-state index < -0.39 is 0 Å². The average Bonchev–Trinajstić information content (AvgIpc) is 3.19. The Kier molecular flexibility index (Phi) is 7.98. The molecule has 0 aliphatic carbocycles. The largest absolute Gasteiger partial charge is 0.383 e. The normalized spacial score (nSPS) is 12.0. The molecule has 0 spiro atoms. The van der Waals surface area contributed by atoms with Crippen LogP contribution in [0.25, 0.3) is 11.4 Å². The molecule has 3 rings (SSSR count). The zero-order valence-corrected chi connectivity index (χ0v) is 18.4. The maximum atomic E-state index is 12.7. The lowest BCUT2D eigenvalue weighted by Crippen LogP contribution is -2.32. The summed E-state index contributed by atoms with van der Waals surface area (Å²) in [5, 5.41) is 12.6. The highest BCUT2D eigenvalue weighted by Gasteiger charge is 2.17. The van der Waals surface area contributed by atoms with E-state index in [0.29, 0.717) is 24.5 Å². The molecule has 0 aliphatic rings. The number of benzene rings is 1. The highest BCUT2D eigenvalue weighted by molar-refractivity contribution is 7.98. The van der Waals surface area contributed by atoms with Gasteiger partial charge in [-0.3, -0.25) is 14.3 Å². The van der Waals surface area contributed by atoms with Gasteiger partial charge in [0.15, 0.2) is 11.0 Å². The van der Waals surface area contributed by atoms with E-state index >= 15 is 0 Å². The van der Waals surface area contributed by atoms with Gasteiger partial charge in [-0.2, -0.15) is 0 Å². The lowest BCUT2D eigenvalue weighted by Gasteiger charge is -2.14. The second-order valence-electron chi connectivity index (χ2n) is 6.92. The summed E-state index contributed by atoms with van der Waals surface area (Å²) in [6.07, 6.45) is 4.37. The minimum Gasteiger partial charge on any atom is -0.383 e. The molecule has 0 aliphatic heterocycles. The van der Waals surface area contributed by atoms with E-state index in [-0.39, 0.29) is 11.9 Å². The maximum Gasteiger partial charge on any atom is 0.251 e. The molecule has 0 saturated heterocycles. The summed E-state index contributed by atoms with van der Waals surface area (Å²) in [7, 11) is 1.68. The van der Waals surface area contributed by atoms with Gasteiger partial charge in [0.05, 0.1) is 13.2 Å². The van der Waals surface area contributed by atoms with E-state index in [1.165, 1.54) is 0 Å². The molecule has 1 amide bonds. The second-order valence-corrected chi connectivity index (χ2v) is 7.86. The lowest BCUT2D eigenvalue weighted by atomic mass is 10.1. The van der Waals surface area contributed by atoms with Crippen molar-refractivity contribution in [2.24, 2.45) is 0 Å². The Bertz CT molecular complexity index is 961. The standard InChI is InChI=1S/C22H27N5O2S/c1-4-16(2)24-21(28)19-8-6-5-7-18(19)15-30-22-26-25-20(27(22)13-14-29-3)17-9-11-23-12-10-17/h5-12,16H,4,13-15H2,1-3H3,(H,24,28)/t16-/m0/s1. The van der Waals surface area contributed by atoms with Crippen LogP contribution >= 0.6 is 11.8 Å². The third-order valence-electron chi connectivity index (χ3n) is 4.78. The van der Waals surface area contributed by atoms with Crippen LogP contribution in [-0.2, 0) is 17.0 Å². The quantitative estimate of drug-likeness (QED) is 0.498. The number of hydrogen-bond donors (Lipinski definition) is 1. The third kappa shape index (κ3) is 5.46. The zero-order chi connectivity index (χ0) is 21.3. The summed E-state index contributed by atoms with van der Waals surface area (Å²) >= 11 is 1.56. The number of nitrogens with zero attached hydrogens (tertiary/aromatic N) is 4. The van der Waals surface area contributed by atoms with Crippen molar-refractivity contribution in [3.05, 3.63) is 59.9 Å². The summed E-state index contributed by atoms with van der Waals surface area (Å²) in [5.74, 6) is 1.35. The van der Waals surface area contributed by atoms with E-state index in [1.807, 2.05) is 47.9 Å². The molecule has 30 heavy (non-hydrogen) atoms. The first-order valence-electron chi connectivity index (χ1n) is 9.98. The van der Waals surface area contributed by atoms with Gasteiger partial charge in [-0.25, -0.2) is 0 Å². The summed E-state index contributed by atoms with van der Waals surface area (Å²) in [6.45, 7) is 5.26. The molecule has 2 heterocycles. The van der Waals surface area contributed by atoms with Gasteiger partial charge in [-0.15, -0.1) is 10.2 Å². The highest BCUT2D eigenvalue weighted by atomic mass is 32.2. The van der Waals surface area contributed by atoms with E-state index in [4.69, 9.17) is 4.74 Å². The van der Waals surface area contributed by atoms with Crippen molar-refractivity contribution >= 4 is 17.7 Å². The van der Waals surface area contributed by atoms with Crippen molar-refractivity contribution in [3.63, 3.8) is 0 Å². The summed E-state index contributed by atoms with van der Waals surface area (Å²) in [5.41, 5.74) is 2.62. The molecule has 8 heteroatoms. The number of amides is 1. The van der Waals surface area contributed by atoms with Gasteiger partial charge in [0, 0.05) is 42.4 Å². The SMILES string of the molecule is CC[C@H](C)NC(=O)c1ccccc1CSc1nnc(-c2ccncc2)n1CCOC. The van der Waals surface area contributed by atoms with Crippen molar-refractivity contribution in [2.75, 3.05) is 13.7 Å². The molecular weight excluding hydrogens is 398 g/mol. The number of hydrogen-bond acceptors (Lipinski definition) is 6. The van der Waals surface area contributed by atoms with Gasteiger partial charge in [0.2, 0.25) is 0 Å². The number of rotatable bonds is 10. The highest BCUT2D eigenvalue weighted by Crippen LogP contribution is 2.27. The van der Waals surface area contributed by atoms with Gasteiger partial charge < -0.3 is 10.1 Å². The maximum absolute atomic E-state index is 12.7. The Labute approximate surface area is 181 Å². The molecule has 0 unspecified atom stereocenters. The molecule has 2 aromatic heterocycles. The van der Waals surface area contributed by atoms with Crippen LogP contribution in [0.15, 0.2) is 53.9 Å². The first-order valence-corrected chi connectivity index (χ1v) is 11.0. The molecule has 0 bridgehead atoms. The van der Waals surface area contributed by atoms with Crippen LogP contribution in [0.1, 0.15) is 36.2 Å². The Morgan fingerprint density at radius 1 is 1.20 bits per heavy atom. The van der Waals surface area contributed by atoms with Crippen molar-refractivity contribution < 1.29 is 9.53 Å². The molecular formula is C22H27N5O2S. The van der Waals surface area contributed by atoms with Gasteiger partial charge in [-0.1, -0.05) is 36.9 Å². The molecule has 1 atom stereocenters. The fourth-order valence-corrected chi connectivity index (χ4v) is 3.88. The molecule has 1 N–H and O–H groups in total. The Balaban J connectivity index is 1.81. The third-order valence-corrected chi connectivity index (χ3v) is 5.80. The van der Waals surface area contributed by atoms with Crippen LogP contribution in [0.4, 0.5) is 0 Å². The number of methoxy groups -OCH3 is 1. The van der Waals surface area contributed by atoms with Crippen molar-refractivity contribution in [1.82, 2.24) is 25.1 Å². The van der Waals surface area contributed by atoms with E-state index in [1.54, 1.807) is 31.3 Å². The molecule has 0 radical (unpaired) electrons. The van der Waals surface area contributed by atoms with Gasteiger partial charge in [0.1, 0.15) is 0 Å². The minimum absolute atomic E-state index is 0.0427. The summed E-state index contributed by atoms with van der Waals surface area (Å²) in [6, 6.07) is 11.7. The fourth-order valence-electron chi connectivity index (χ4n) is 2.91. The van der Waals surface area contributed by atoms with Crippen LogP contribution in [0.5, 0.6) is 0 Å². The fraction of sp³-hybridized carbons (Fsp3) is 0.364. The Morgan fingerprint density at radius 2 is 1.97 bits per heavy atom. The van der Waals surface area contributed by atoms with E-state index in [2.05, 4.69) is 27.4 Å².